The monoisotopic (exact) mass is 565 g/mol. The van der Waals surface area contributed by atoms with Crippen LogP contribution in [0.1, 0.15) is 34.0 Å². The Morgan fingerprint density at radius 3 is 2.35 bits per heavy atom. The molecule has 2 atom stereocenters. The highest BCUT2D eigenvalue weighted by Crippen LogP contribution is 2.27. The minimum atomic E-state index is -0.924. The van der Waals surface area contributed by atoms with Crippen LogP contribution in [0.3, 0.4) is 0 Å². The van der Waals surface area contributed by atoms with Gasteiger partial charge in [-0.05, 0) is 41.5 Å². The molecule has 192 valence electrons. The zero-order valence-electron chi connectivity index (χ0n) is 20.1. The number of urea groups is 1. The lowest BCUT2D eigenvalue weighted by Gasteiger charge is -2.40. The Labute approximate surface area is 223 Å². The lowest BCUT2D eigenvalue weighted by atomic mass is 9.99. The normalized spacial score (nSPS) is 16.4. The van der Waals surface area contributed by atoms with E-state index >= 15 is 0 Å². The zero-order valence-corrected chi connectivity index (χ0v) is 21.7. The number of aliphatic carboxylic acids is 1. The molecule has 1 unspecified atom stereocenters. The molecule has 0 aliphatic carbocycles. The Morgan fingerprint density at radius 2 is 1.65 bits per heavy atom. The first-order chi connectivity index (χ1) is 17.8. The fourth-order valence-electron chi connectivity index (χ4n) is 4.46. The molecule has 8 nitrogen and oxygen atoms in total. The minimum absolute atomic E-state index is 0.0395. The second-order valence-corrected chi connectivity index (χ2v) is 9.92. The van der Waals surface area contributed by atoms with Crippen LogP contribution in [-0.4, -0.2) is 52.7 Å². The summed E-state index contributed by atoms with van der Waals surface area (Å²) in [6, 6.07) is 23.1. The molecule has 37 heavy (non-hydrogen) atoms. The van der Waals surface area contributed by atoms with Gasteiger partial charge in [-0.25, -0.2) is 4.79 Å². The summed E-state index contributed by atoms with van der Waals surface area (Å²) < 4.78 is 0.872. The van der Waals surface area contributed by atoms with E-state index in [4.69, 9.17) is 0 Å². The van der Waals surface area contributed by atoms with Gasteiger partial charge < -0.3 is 20.4 Å². The van der Waals surface area contributed by atoms with Crippen molar-refractivity contribution in [2.24, 2.45) is 5.92 Å². The van der Waals surface area contributed by atoms with Crippen molar-refractivity contribution in [2.45, 2.75) is 19.1 Å². The third-order valence-corrected chi connectivity index (χ3v) is 6.81. The van der Waals surface area contributed by atoms with E-state index in [2.05, 4.69) is 21.2 Å². The van der Waals surface area contributed by atoms with Gasteiger partial charge in [0.15, 0.2) is 0 Å². The van der Waals surface area contributed by atoms with Gasteiger partial charge in [-0.1, -0.05) is 64.5 Å². The molecule has 1 aliphatic heterocycles. The molecule has 1 fully saturated rings. The maximum Gasteiger partial charge on any atom is 0.324 e. The summed E-state index contributed by atoms with van der Waals surface area (Å²) in [6.45, 7) is 0.744. The number of carbonyl (C=O) groups excluding carboxylic acids is 2. The van der Waals surface area contributed by atoms with Crippen molar-refractivity contribution >= 4 is 39.5 Å². The summed E-state index contributed by atoms with van der Waals surface area (Å²) >= 11 is 3.40. The second kappa shape index (κ2) is 12.0. The number of aliphatic hydroxyl groups excluding tert-OH is 1. The lowest BCUT2D eigenvalue weighted by Crippen LogP contribution is -2.53. The Morgan fingerprint density at radius 1 is 0.973 bits per heavy atom. The largest absolute Gasteiger partial charge is 0.481 e. The first-order valence-electron chi connectivity index (χ1n) is 11.9. The van der Waals surface area contributed by atoms with Crippen LogP contribution in [0.15, 0.2) is 83.3 Å². The predicted octanol–water partition coefficient (Wildman–Crippen LogP) is 4.45. The quantitative estimate of drug-likeness (QED) is 0.355. The molecular weight excluding hydrogens is 538 g/mol. The van der Waals surface area contributed by atoms with Crippen LogP contribution in [0.25, 0.3) is 0 Å². The van der Waals surface area contributed by atoms with E-state index in [-0.39, 0.29) is 43.9 Å². The molecule has 3 aromatic rings. The SMILES string of the molecule is O=C(O)CC1CN(Cc2ccccc2C(=O)NC[C@H](O)c2ccccc2)C(=O)N(c2ccc(Br)cc2)C1. The van der Waals surface area contributed by atoms with Crippen LogP contribution in [0.5, 0.6) is 0 Å². The Balaban J connectivity index is 1.51. The van der Waals surface area contributed by atoms with Crippen molar-refractivity contribution in [2.75, 3.05) is 24.5 Å². The molecule has 0 spiro atoms. The average Bonchev–Trinajstić information content (AvgIpc) is 2.90. The molecule has 0 radical (unpaired) electrons. The maximum absolute atomic E-state index is 13.5. The number of nitrogens with zero attached hydrogens (tertiary/aromatic N) is 2. The fraction of sp³-hybridized carbons (Fsp3) is 0.250. The fourth-order valence-corrected chi connectivity index (χ4v) is 4.73. The van der Waals surface area contributed by atoms with Crippen molar-refractivity contribution in [3.8, 4) is 0 Å². The number of amides is 3. The molecule has 0 saturated carbocycles. The van der Waals surface area contributed by atoms with E-state index in [1.54, 1.807) is 46.2 Å². The van der Waals surface area contributed by atoms with Gasteiger partial charge in [0.1, 0.15) is 0 Å². The molecule has 0 aromatic heterocycles. The van der Waals surface area contributed by atoms with Crippen LogP contribution in [0.2, 0.25) is 0 Å². The number of halogens is 1. The van der Waals surface area contributed by atoms with E-state index in [0.717, 1.165) is 4.47 Å². The smallest absolute Gasteiger partial charge is 0.324 e. The molecule has 1 saturated heterocycles. The molecule has 3 amide bonds. The summed E-state index contributed by atoms with van der Waals surface area (Å²) in [5.41, 5.74) is 2.40. The summed E-state index contributed by atoms with van der Waals surface area (Å²) in [5.74, 6) is -1.56. The highest BCUT2D eigenvalue weighted by atomic mass is 79.9. The summed E-state index contributed by atoms with van der Waals surface area (Å²) in [7, 11) is 0. The van der Waals surface area contributed by atoms with Crippen molar-refractivity contribution in [3.63, 3.8) is 0 Å². The summed E-state index contributed by atoms with van der Waals surface area (Å²) in [6.07, 6.45) is -0.923. The first kappa shape index (κ1) is 26.4. The number of hydrogen-bond donors (Lipinski definition) is 3. The Kier molecular flexibility index (Phi) is 8.58. The Hall–Kier alpha value is -3.69. The van der Waals surface area contributed by atoms with Crippen LogP contribution < -0.4 is 10.2 Å². The minimum Gasteiger partial charge on any atom is -0.481 e. The van der Waals surface area contributed by atoms with Crippen LogP contribution >= 0.6 is 15.9 Å². The molecular formula is C28H28BrN3O5. The van der Waals surface area contributed by atoms with Gasteiger partial charge in [0.25, 0.3) is 5.91 Å². The molecule has 1 heterocycles. The van der Waals surface area contributed by atoms with Crippen LogP contribution in [-0.2, 0) is 11.3 Å². The molecule has 0 bridgehead atoms. The van der Waals surface area contributed by atoms with Crippen LogP contribution in [0, 0.1) is 5.92 Å². The number of nitrogens with one attached hydrogen (secondary N) is 1. The van der Waals surface area contributed by atoms with Gasteiger partial charge in [-0.15, -0.1) is 0 Å². The maximum atomic E-state index is 13.5. The van der Waals surface area contributed by atoms with Gasteiger partial charge >= 0.3 is 12.0 Å². The molecule has 1 aliphatic rings. The van der Waals surface area contributed by atoms with Crippen molar-refractivity contribution in [3.05, 3.63) is 100 Å². The summed E-state index contributed by atoms with van der Waals surface area (Å²) in [4.78, 5) is 41.1. The topological polar surface area (TPSA) is 110 Å². The van der Waals surface area contributed by atoms with E-state index < -0.39 is 12.1 Å². The van der Waals surface area contributed by atoms with Gasteiger partial charge in [0.2, 0.25) is 0 Å². The highest BCUT2D eigenvalue weighted by molar-refractivity contribution is 9.10. The summed E-state index contributed by atoms with van der Waals surface area (Å²) in [5, 5.41) is 22.6. The number of rotatable bonds is 9. The highest BCUT2D eigenvalue weighted by Gasteiger charge is 2.34. The molecule has 3 N–H and O–H groups in total. The van der Waals surface area contributed by atoms with E-state index in [0.29, 0.717) is 28.9 Å². The Bertz CT molecular complexity index is 1250. The number of hydrogen-bond acceptors (Lipinski definition) is 4. The average molecular weight is 566 g/mol. The predicted molar refractivity (Wildman–Crippen MR) is 143 cm³/mol. The molecule has 4 rings (SSSR count). The number of carboxylic acid groups (broad SMARTS) is 1. The van der Waals surface area contributed by atoms with Gasteiger partial charge in [-0.2, -0.15) is 0 Å². The number of benzene rings is 3. The number of carbonyl (C=O) groups is 3. The second-order valence-electron chi connectivity index (χ2n) is 9.01. The van der Waals surface area contributed by atoms with Crippen molar-refractivity contribution < 1.29 is 24.6 Å². The third-order valence-electron chi connectivity index (χ3n) is 6.29. The van der Waals surface area contributed by atoms with E-state index in [1.807, 2.05) is 42.5 Å². The first-order valence-corrected chi connectivity index (χ1v) is 12.7. The van der Waals surface area contributed by atoms with Gasteiger partial charge in [0.05, 0.1) is 12.5 Å². The van der Waals surface area contributed by atoms with Crippen LogP contribution in [0.4, 0.5) is 10.5 Å². The number of carboxylic acids is 1. The van der Waals surface area contributed by atoms with Crippen molar-refractivity contribution in [1.82, 2.24) is 10.2 Å². The third kappa shape index (κ3) is 6.75. The van der Waals surface area contributed by atoms with Crippen molar-refractivity contribution in [1.29, 1.82) is 0 Å². The number of anilines is 1. The lowest BCUT2D eigenvalue weighted by molar-refractivity contribution is -0.138. The van der Waals surface area contributed by atoms with Gasteiger partial charge in [-0.3, -0.25) is 14.5 Å². The van der Waals surface area contributed by atoms with E-state index in [9.17, 15) is 24.6 Å². The van der Waals surface area contributed by atoms with Gasteiger partial charge in [0, 0.05) is 47.8 Å². The van der Waals surface area contributed by atoms with E-state index in [1.165, 1.54) is 0 Å². The molecule has 3 aromatic carbocycles. The standard InChI is InChI=1S/C28H28BrN3O5/c29-22-10-12-23(13-11-22)32-17-19(14-26(34)35)16-31(28(32)37)18-21-8-4-5-9-24(21)27(36)30-15-25(33)20-6-2-1-3-7-20/h1-13,19,25,33H,14-18H2,(H,30,36)(H,34,35)/t19?,25-/m0/s1. The zero-order chi connectivity index (χ0) is 26.4. The molecule has 9 heteroatoms. The number of aliphatic hydroxyl groups is 1.